The maximum atomic E-state index is 12.6. The van der Waals surface area contributed by atoms with E-state index >= 15 is 0 Å². The number of hydrogen-bond acceptors (Lipinski definition) is 3. The maximum absolute atomic E-state index is 12.6. The number of Topliss-reactive ketones (excluding diaryl/α,β-unsaturated/α-hetero) is 1. The van der Waals surface area contributed by atoms with Gasteiger partial charge in [-0.2, -0.15) is 0 Å². The molecule has 26 heavy (non-hydrogen) atoms. The Morgan fingerprint density at radius 3 is 2.69 bits per heavy atom. The Labute approximate surface area is 156 Å². The zero-order chi connectivity index (χ0) is 17.8. The minimum atomic E-state index is 0.313. The molecule has 2 heterocycles. The zero-order valence-electron chi connectivity index (χ0n) is 15.4. The summed E-state index contributed by atoms with van der Waals surface area (Å²) in [6, 6.07) is 16.9. The van der Waals surface area contributed by atoms with E-state index in [2.05, 4.69) is 52.7 Å². The fourth-order valence-electron chi connectivity index (χ4n) is 4.26. The third-order valence-corrected chi connectivity index (χ3v) is 5.85. The van der Waals surface area contributed by atoms with Gasteiger partial charge in [0, 0.05) is 30.8 Å². The third kappa shape index (κ3) is 3.99. The molecule has 3 heteroatoms. The van der Waals surface area contributed by atoms with Crippen molar-refractivity contribution in [3.63, 3.8) is 0 Å². The molecule has 3 nitrogen and oxygen atoms in total. The van der Waals surface area contributed by atoms with Crippen molar-refractivity contribution >= 4 is 11.5 Å². The van der Waals surface area contributed by atoms with E-state index in [0.29, 0.717) is 12.2 Å². The van der Waals surface area contributed by atoms with E-state index in [1.54, 1.807) is 0 Å². The summed E-state index contributed by atoms with van der Waals surface area (Å²) in [5.41, 5.74) is 4.86. The number of fused-ring (bicyclic) bond motifs is 1. The Morgan fingerprint density at radius 2 is 1.88 bits per heavy atom. The Bertz CT molecular complexity index is 750. The van der Waals surface area contributed by atoms with Gasteiger partial charge in [0.25, 0.3) is 0 Å². The molecule has 2 aromatic carbocycles. The molecule has 0 saturated carbocycles. The predicted molar refractivity (Wildman–Crippen MR) is 107 cm³/mol. The van der Waals surface area contributed by atoms with Gasteiger partial charge in [0.1, 0.15) is 0 Å². The van der Waals surface area contributed by atoms with Crippen molar-refractivity contribution in [2.75, 3.05) is 24.5 Å². The van der Waals surface area contributed by atoms with Crippen LogP contribution in [0.3, 0.4) is 0 Å². The van der Waals surface area contributed by atoms with E-state index in [4.69, 9.17) is 0 Å². The van der Waals surface area contributed by atoms with Crippen molar-refractivity contribution in [2.45, 2.75) is 38.6 Å². The Kier molecular flexibility index (Phi) is 5.35. The highest BCUT2D eigenvalue weighted by Gasteiger charge is 2.21. The molecule has 0 spiro atoms. The summed E-state index contributed by atoms with van der Waals surface area (Å²) in [5.74, 6) is 1.03. The minimum absolute atomic E-state index is 0.313. The Morgan fingerprint density at radius 1 is 1.08 bits per heavy atom. The van der Waals surface area contributed by atoms with E-state index in [1.807, 2.05) is 6.07 Å². The van der Waals surface area contributed by atoms with Gasteiger partial charge in [0.2, 0.25) is 0 Å². The molecule has 0 aromatic heterocycles. The SMILES string of the molecule is O=C(CCC1CCNCC1)c1ccc2c(c1)CCN2Cc1ccccc1. The molecule has 0 radical (unpaired) electrons. The summed E-state index contributed by atoms with van der Waals surface area (Å²) in [4.78, 5) is 15.1. The molecule has 2 aromatic rings. The minimum Gasteiger partial charge on any atom is -0.367 e. The van der Waals surface area contributed by atoms with Gasteiger partial charge in [-0.05, 0) is 74.0 Å². The van der Waals surface area contributed by atoms with Crippen molar-refractivity contribution in [3.8, 4) is 0 Å². The number of nitrogens with one attached hydrogen (secondary N) is 1. The molecule has 136 valence electrons. The van der Waals surface area contributed by atoms with Gasteiger partial charge < -0.3 is 10.2 Å². The molecule has 4 rings (SSSR count). The number of nitrogens with zero attached hydrogens (tertiary/aromatic N) is 1. The highest BCUT2D eigenvalue weighted by molar-refractivity contribution is 5.96. The van der Waals surface area contributed by atoms with E-state index in [0.717, 1.165) is 50.5 Å². The molecule has 1 saturated heterocycles. The Hall–Kier alpha value is -2.13. The van der Waals surface area contributed by atoms with Gasteiger partial charge in [0.15, 0.2) is 5.78 Å². The normalized spacial score (nSPS) is 17.3. The fourth-order valence-corrected chi connectivity index (χ4v) is 4.26. The lowest BCUT2D eigenvalue weighted by Crippen LogP contribution is -2.28. The molecule has 2 aliphatic heterocycles. The van der Waals surface area contributed by atoms with Crippen LogP contribution in [0.5, 0.6) is 0 Å². The van der Waals surface area contributed by atoms with Crippen molar-refractivity contribution in [3.05, 3.63) is 65.2 Å². The second-order valence-corrected chi connectivity index (χ2v) is 7.66. The van der Waals surface area contributed by atoms with Crippen molar-refractivity contribution < 1.29 is 4.79 Å². The first-order valence-corrected chi connectivity index (χ1v) is 9.95. The van der Waals surface area contributed by atoms with Crippen LogP contribution in [0, 0.1) is 5.92 Å². The second-order valence-electron chi connectivity index (χ2n) is 7.66. The van der Waals surface area contributed by atoms with Crippen LogP contribution in [0.1, 0.15) is 47.2 Å². The van der Waals surface area contributed by atoms with Gasteiger partial charge in [-0.3, -0.25) is 4.79 Å². The summed E-state index contributed by atoms with van der Waals surface area (Å²) < 4.78 is 0. The van der Waals surface area contributed by atoms with Crippen LogP contribution >= 0.6 is 0 Å². The van der Waals surface area contributed by atoms with Crippen LogP contribution in [0.15, 0.2) is 48.5 Å². The van der Waals surface area contributed by atoms with Crippen LogP contribution in [0.25, 0.3) is 0 Å². The van der Waals surface area contributed by atoms with Crippen molar-refractivity contribution in [1.82, 2.24) is 5.32 Å². The molecule has 2 aliphatic rings. The van der Waals surface area contributed by atoms with Gasteiger partial charge in [-0.1, -0.05) is 30.3 Å². The Balaban J connectivity index is 1.38. The maximum Gasteiger partial charge on any atom is 0.162 e. The average molecular weight is 348 g/mol. The molecular weight excluding hydrogens is 320 g/mol. The van der Waals surface area contributed by atoms with Crippen LogP contribution in [-0.4, -0.2) is 25.4 Å². The molecule has 1 N–H and O–H groups in total. The van der Waals surface area contributed by atoms with Crippen molar-refractivity contribution in [1.29, 1.82) is 0 Å². The summed E-state index contributed by atoms with van der Waals surface area (Å²) in [6.07, 6.45) is 5.20. The monoisotopic (exact) mass is 348 g/mol. The first-order chi connectivity index (χ1) is 12.8. The quantitative estimate of drug-likeness (QED) is 0.794. The van der Waals surface area contributed by atoms with Crippen LogP contribution < -0.4 is 10.2 Å². The topological polar surface area (TPSA) is 32.3 Å². The van der Waals surface area contributed by atoms with Crippen LogP contribution in [0.4, 0.5) is 5.69 Å². The zero-order valence-corrected chi connectivity index (χ0v) is 15.4. The smallest absolute Gasteiger partial charge is 0.162 e. The lowest BCUT2D eigenvalue weighted by Gasteiger charge is -2.22. The van der Waals surface area contributed by atoms with Gasteiger partial charge >= 0.3 is 0 Å². The number of piperidine rings is 1. The number of hydrogen-bond donors (Lipinski definition) is 1. The summed E-state index contributed by atoms with van der Waals surface area (Å²) >= 11 is 0. The summed E-state index contributed by atoms with van der Waals surface area (Å²) in [7, 11) is 0. The summed E-state index contributed by atoms with van der Waals surface area (Å²) in [6.45, 7) is 4.19. The molecule has 0 unspecified atom stereocenters. The number of benzene rings is 2. The first kappa shape index (κ1) is 17.3. The van der Waals surface area contributed by atoms with Gasteiger partial charge in [0.05, 0.1) is 0 Å². The predicted octanol–water partition coefficient (Wildman–Crippen LogP) is 4.21. The van der Waals surface area contributed by atoms with E-state index in [-0.39, 0.29) is 0 Å². The van der Waals surface area contributed by atoms with E-state index in [9.17, 15) is 4.79 Å². The summed E-state index contributed by atoms with van der Waals surface area (Å²) in [5, 5.41) is 3.39. The van der Waals surface area contributed by atoms with Crippen LogP contribution in [-0.2, 0) is 13.0 Å². The third-order valence-electron chi connectivity index (χ3n) is 5.85. The molecule has 0 atom stereocenters. The number of carbonyl (C=O) groups excluding carboxylic acids is 1. The van der Waals surface area contributed by atoms with E-state index < -0.39 is 0 Å². The molecule has 0 bridgehead atoms. The van der Waals surface area contributed by atoms with Crippen molar-refractivity contribution in [2.24, 2.45) is 5.92 Å². The highest BCUT2D eigenvalue weighted by atomic mass is 16.1. The molecule has 1 fully saturated rings. The van der Waals surface area contributed by atoms with Gasteiger partial charge in [-0.15, -0.1) is 0 Å². The fraction of sp³-hybridized carbons (Fsp3) is 0.435. The number of ketones is 1. The average Bonchev–Trinajstić information content (AvgIpc) is 3.10. The lowest BCUT2D eigenvalue weighted by molar-refractivity contribution is 0.0970. The number of anilines is 1. The molecule has 0 aliphatic carbocycles. The largest absolute Gasteiger partial charge is 0.367 e. The lowest BCUT2D eigenvalue weighted by atomic mass is 9.91. The molecule has 0 amide bonds. The van der Waals surface area contributed by atoms with Gasteiger partial charge in [-0.25, -0.2) is 0 Å². The number of carbonyl (C=O) groups is 1. The molecular formula is C23H28N2O. The second kappa shape index (κ2) is 8.05. The number of rotatable bonds is 6. The first-order valence-electron chi connectivity index (χ1n) is 9.95. The standard InChI is InChI=1S/C23H28N2O/c26-23(9-6-18-10-13-24-14-11-18)21-7-8-22-20(16-21)12-15-25(22)17-19-4-2-1-3-5-19/h1-5,7-8,16,18,24H,6,9-15,17H2. The highest BCUT2D eigenvalue weighted by Crippen LogP contribution is 2.31. The van der Waals surface area contributed by atoms with Crippen LogP contribution in [0.2, 0.25) is 0 Å². The van der Waals surface area contributed by atoms with E-state index in [1.165, 1.54) is 29.7 Å².